The molecule has 0 saturated carbocycles. The summed E-state index contributed by atoms with van der Waals surface area (Å²) in [7, 11) is 19.6. The van der Waals surface area contributed by atoms with Crippen molar-refractivity contribution >= 4 is 174 Å². The second-order valence-corrected chi connectivity index (χ2v) is 17.8. The molecule has 2 aromatic heterocycles. The highest BCUT2D eigenvalue weighted by atomic mass is 16.3. The average Bonchev–Trinajstić information content (AvgIpc) is 3.90. The minimum Gasteiger partial charge on any atom is -0.509 e. The van der Waals surface area contributed by atoms with E-state index < -0.39 is 0 Å². The molecule has 1 N–H and O–H groups in total. The number of furan rings is 1. The third-order valence-corrected chi connectivity index (χ3v) is 14.8. The summed E-state index contributed by atoms with van der Waals surface area (Å²) in [5.41, 5.74) is 23.3. The molecule has 0 radical (unpaired) electrons. The first-order valence-corrected chi connectivity index (χ1v) is 22.3. The van der Waals surface area contributed by atoms with Crippen molar-refractivity contribution in [1.82, 2.24) is 9.55 Å². The number of imidazole rings is 1. The van der Waals surface area contributed by atoms with Crippen LogP contribution in [-0.4, -0.2) is 85.3 Å². The molecule has 11 rings (SSSR count). The summed E-state index contributed by atoms with van der Waals surface area (Å²) < 4.78 is 8.87. The quantitative estimate of drug-likeness (QED) is 0.161. The van der Waals surface area contributed by atoms with Gasteiger partial charge in [0.2, 0.25) is 0 Å². The largest absolute Gasteiger partial charge is 0.509 e. The van der Waals surface area contributed by atoms with Gasteiger partial charge in [0.25, 0.3) is 0 Å². The van der Waals surface area contributed by atoms with Gasteiger partial charge >= 0.3 is 0 Å². The Kier molecular flexibility index (Phi) is 9.29. The van der Waals surface area contributed by atoms with Gasteiger partial charge in [0.15, 0.2) is 0 Å². The number of aromatic nitrogens is 2. The summed E-state index contributed by atoms with van der Waals surface area (Å²) in [6.45, 7) is 0. The monoisotopic (exact) mass is 812 g/mol. The van der Waals surface area contributed by atoms with Crippen LogP contribution in [0.5, 0.6) is 5.75 Å². The van der Waals surface area contributed by atoms with E-state index in [9.17, 15) is 5.11 Å². The molecular weight excluding hydrogens is 770 g/mol. The lowest BCUT2D eigenvalue weighted by Crippen LogP contribution is -2.55. The minimum absolute atomic E-state index is 0.318. The Morgan fingerprint density at radius 2 is 0.969 bits per heavy atom. The topological polar surface area (TPSA) is 51.2 Å². The first kappa shape index (κ1) is 40.0. The summed E-state index contributed by atoms with van der Waals surface area (Å²) in [4.78, 5) is 5.38. The number of aromatic hydroxyl groups is 1. The SMILES string of the molecule is Bc1c(B)c(B)c(-c2ccc3c(-c4ccccc4-n4c(-c5c(B)c(B)c(B)c(O)c5B)nc5ccccc54)c4ccccc4c(-c4cccc5oc6ccccc6c45)c3c2)c(B)c1B. The van der Waals surface area contributed by atoms with Crippen molar-refractivity contribution in [2.75, 3.05) is 0 Å². The van der Waals surface area contributed by atoms with E-state index in [0.717, 1.165) is 99.4 Å². The Balaban J connectivity index is 1.30. The molecule has 0 aliphatic heterocycles. The van der Waals surface area contributed by atoms with Gasteiger partial charge in [-0.25, -0.2) is 4.98 Å². The fraction of sp³-hybridized carbons (Fsp3) is 0. The number of phenols is 1. The third-order valence-electron chi connectivity index (χ3n) is 14.8. The highest BCUT2D eigenvalue weighted by Crippen LogP contribution is 2.49. The lowest BCUT2D eigenvalue weighted by molar-refractivity contribution is 0.484. The molecule has 0 aliphatic carbocycles. The number of hydrogen-bond donors (Lipinski definition) is 1. The first-order valence-electron chi connectivity index (χ1n) is 22.3. The fourth-order valence-electron chi connectivity index (χ4n) is 10.8. The van der Waals surface area contributed by atoms with Crippen LogP contribution in [0.4, 0.5) is 0 Å². The van der Waals surface area contributed by atoms with Crippen LogP contribution in [0, 0.1) is 0 Å². The van der Waals surface area contributed by atoms with Crippen molar-refractivity contribution in [3.8, 4) is 56.2 Å². The molecular formula is C51H41B9N2O2. The zero-order valence-electron chi connectivity index (χ0n) is 38.0. The van der Waals surface area contributed by atoms with Crippen LogP contribution in [0.3, 0.4) is 0 Å². The number of fused-ring (bicyclic) bond motifs is 6. The lowest BCUT2D eigenvalue weighted by Gasteiger charge is -2.24. The first-order chi connectivity index (χ1) is 31.0. The van der Waals surface area contributed by atoms with Crippen LogP contribution in [0.25, 0.3) is 105 Å². The van der Waals surface area contributed by atoms with Gasteiger partial charge in [-0.15, -0.1) is 16.4 Å². The van der Waals surface area contributed by atoms with Gasteiger partial charge in [0.1, 0.15) is 93.4 Å². The molecule has 0 amide bonds. The Bertz CT molecular complexity index is 3760. The van der Waals surface area contributed by atoms with Crippen molar-refractivity contribution in [2.24, 2.45) is 0 Å². The second kappa shape index (κ2) is 14.9. The molecule has 0 atom stereocenters. The maximum atomic E-state index is 11.5. The maximum absolute atomic E-state index is 11.5. The predicted octanol–water partition coefficient (Wildman–Crippen LogP) is -2.07. The maximum Gasteiger partial charge on any atom is 0.145 e. The fourth-order valence-corrected chi connectivity index (χ4v) is 10.8. The molecule has 0 fully saturated rings. The van der Waals surface area contributed by atoms with Crippen LogP contribution in [0.1, 0.15) is 0 Å². The molecule has 2 heterocycles. The zero-order valence-corrected chi connectivity index (χ0v) is 38.0. The van der Waals surface area contributed by atoms with Crippen LogP contribution in [0.15, 0.2) is 138 Å². The van der Waals surface area contributed by atoms with Crippen LogP contribution < -0.4 is 49.2 Å². The van der Waals surface area contributed by atoms with Gasteiger partial charge in [-0.05, 0) is 91.2 Å². The van der Waals surface area contributed by atoms with Gasteiger partial charge in [-0.1, -0.05) is 124 Å². The van der Waals surface area contributed by atoms with E-state index in [2.05, 4.69) is 187 Å². The molecule has 0 saturated heterocycles. The number of rotatable bonds is 5. The molecule has 13 heteroatoms. The second-order valence-electron chi connectivity index (χ2n) is 17.8. The summed E-state index contributed by atoms with van der Waals surface area (Å²) in [6, 6.07) is 48.1. The van der Waals surface area contributed by atoms with E-state index in [0.29, 0.717) is 5.75 Å². The van der Waals surface area contributed by atoms with E-state index in [-0.39, 0.29) is 0 Å². The van der Waals surface area contributed by atoms with Crippen molar-refractivity contribution in [2.45, 2.75) is 0 Å². The highest BCUT2D eigenvalue weighted by Gasteiger charge is 2.26. The molecule has 9 aromatic carbocycles. The van der Waals surface area contributed by atoms with Crippen LogP contribution >= 0.6 is 0 Å². The smallest absolute Gasteiger partial charge is 0.145 e. The summed E-state index contributed by atoms with van der Waals surface area (Å²) in [5.74, 6) is 1.13. The predicted molar refractivity (Wildman–Crippen MR) is 300 cm³/mol. The molecule has 64 heavy (non-hydrogen) atoms. The summed E-state index contributed by atoms with van der Waals surface area (Å²) in [5, 5.41) is 18.4. The van der Waals surface area contributed by atoms with Crippen molar-refractivity contribution in [1.29, 1.82) is 0 Å². The normalized spacial score (nSPS) is 11.8. The minimum atomic E-state index is 0.318. The number of benzene rings is 9. The van der Waals surface area contributed by atoms with E-state index in [4.69, 9.17) is 9.40 Å². The van der Waals surface area contributed by atoms with Gasteiger partial charge in [-0.2, -0.15) is 0 Å². The standard InChI is InChI=1S/C51H41B9N2O2/c52-41-36(42(53)46(57)48(59)45(41)56)23-20-21-26-30(22-23)38(29-14-9-19-35-39(29)28-13-4-8-18-34(28)64-35)25-11-2-1-10-24(25)37(26)27-12-3-6-16-32(27)62-33-17-7-5-15-31(33)61-51(62)40-43(54)47(58)49(60)50(63)44(40)55/h1-22,63H,52-60H2. The molecule has 0 bridgehead atoms. The van der Waals surface area contributed by atoms with Crippen LogP contribution in [-0.2, 0) is 0 Å². The number of nitrogens with zero attached hydrogens (tertiary/aromatic N) is 2. The van der Waals surface area contributed by atoms with Crippen molar-refractivity contribution < 1.29 is 9.52 Å². The molecule has 0 spiro atoms. The van der Waals surface area contributed by atoms with Crippen LogP contribution in [0.2, 0.25) is 0 Å². The average molecular weight is 811 g/mol. The van der Waals surface area contributed by atoms with Crippen molar-refractivity contribution in [3.63, 3.8) is 0 Å². The van der Waals surface area contributed by atoms with Gasteiger partial charge in [-0.3, -0.25) is 4.57 Å². The molecule has 0 aliphatic rings. The Hall–Kier alpha value is -6.85. The Labute approximate surface area is 381 Å². The Morgan fingerprint density at radius 1 is 0.422 bits per heavy atom. The third kappa shape index (κ3) is 5.72. The summed E-state index contributed by atoms with van der Waals surface area (Å²) in [6.07, 6.45) is 0. The van der Waals surface area contributed by atoms with E-state index in [1.54, 1.807) is 0 Å². The van der Waals surface area contributed by atoms with E-state index in [1.165, 1.54) is 54.8 Å². The number of phenolic OH excluding ortho intramolecular Hbond substituents is 1. The van der Waals surface area contributed by atoms with Gasteiger partial charge < -0.3 is 9.52 Å². The molecule has 11 aromatic rings. The van der Waals surface area contributed by atoms with Gasteiger partial charge in [0.05, 0.1) is 16.7 Å². The number of hydrogen-bond acceptors (Lipinski definition) is 3. The van der Waals surface area contributed by atoms with E-state index in [1.807, 2.05) is 21.8 Å². The lowest BCUT2D eigenvalue weighted by atomic mass is 9.59. The number of para-hydroxylation sites is 4. The Morgan fingerprint density at radius 3 is 1.72 bits per heavy atom. The highest BCUT2D eigenvalue weighted by molar-refractivity contribution is 6.69. The molecule has 4 nitrogen and oxygen atoms in total. The van der Waals surface area contributed by atoms with Gasteiger partial charge in [0, 0.05) is 21.9 Å². The molecule has 294 valence electrons. The molecule has 0 unspecified atom stereocenters. The summed E-state index contributed by atoms with van der Waals surface area (Å²) >= 11 is 0. The zero-order chi connectivity index (χ0) is 44.3. The van der Waals surface area contributed by atoms with Crippen molar-refractivity contribution in [3.05, 3.63) is 133 Å². The van der Waals surface area contributed by atoms with E-state index >= 15 is 0 Å².